The Hall–Kier alpha value is -1.61. The van der Waals surface area contributed by atoms with Gasteiger partial charge in [-0.25, -0.2) is 4.39 Å². The van der Waals surface area contributed by atoms with Gasteiger partial charge in [-0.2, -0.15) is 0 Å². The topological polar surface area (TPSA) is 25.2 Å². The van der Waals surface area contributed by atoms with E-state index in [1.807, 2.05) is 32.0 Å². The Kier molecular flexibility index (Phi) is 3.29. The van der Waals surface area contributed by atoms with Crippen molar-refractivity contribution in [2.75, 3.05) is 7.05 Å². The van der Waals surface area contributed by atoms with Crippen LogP contribution in [0, 0.1) is 19.7 Å². The van der Waals surface area contributed by atoms with Gasteiger partial charge >= 0.3 is 0 Å². The minimum atomic E-state index is -0.246. The second kappa shape index (κ2) is 4.72. The molecule has 0 saturated carbocycles. The van der Waals surface area contributed by atoms with Gasteiger partial charge in [-0.05, 0) is 44.7 Å². The maximum absolute atomic E-state index is 13.9. The van der Waals surface area contributed by atoms with Gasteiger partial charge in [0.1, 0.15) is 17.3 Å². The number of furan rings is 1. The first-order valence-electron chi connectivity index (χ1n) is 5.61. The largest absolute Gasteiger partial charge is 0.464 e. The van der Waals surface area contributed by atoms with Crippen LogP contribution in [0.2, 0.25) is 0 Å². The molecule has 2 nitrogen and oxygen atoms in total. The number of rotatable bonds is 3. The molecule has 0 radical (unpaired) electrons. The number of halogens is 1. The van der Waals surface area contributed by atoms with Gasteiger partial charge < -0.3 is 9.73 Å². The van der Waals surface area contributed by atoms with Crippen molar-refractivity contribution in [3.05, 3.63) is 58.8 Å². The molecule has 1 unspecified atom stereocenters. The minimum Gasteiger partial charge on any atom is -0.464 e. The Bertz CT molecular complexity index is 519. The molecule has 1 N–H and O–H groups in total. The second-order valence-corrected chi connectivity index (χ2v) is 4.20. The molecule has 0 aliphatic rings. The summed E-state index contributed by atoms with van der Waals surface area (Å²) in [5.74, 6) is 1.35. The predicted octanol–water partition coefficient (Wildman–Crippen LogP) is 3.34. The number of hydrogen-bond donors (Lipinski definition) is 1. The molecular weight excluding hydrogens is 217 g/mol. The Morgan fingerprint density at radius 1 is 1.18 bits per heavy atom. The van der Waals surface area contributed by atoms with Crippen LogP contribution in [0.4, 0.5) is 4.39 Å². The minimum absolute atomic E-state index is 0.210. The molecule has 0 aliphatic carbocycles. The third kappa shape index (κ3) is 2.39. The van der Waals surface area contributed by atoms with Crippen LogP contribution in [0.25, 0.3) is 0 Å². The summed E-state index contributed by atoms with van der Waals surface area (Å²) in [6.45, 7) is 3.75. The van der Waals surface area contributed by atoms with Gasteiger partial charge in [-0.3, -0.25) is 0 Å². The smallest absolute Gasteiger partial charge is 0.128 e. The quantitative estimate of drug-likeness (QED) is 0.879. The van der Waals surface area contributed by atoms with Crippen molar-refractivity contribution in [2.24, 2.45) is 0 Å². The first kappa shape index (κ1) is 11.9. The highest BCUT2D eigenvalue weighted by atomic mass is 19.1. The second-order valence-electron chi connectivity index (χ2n) is 4.20. The average molecular weight is 233 g/mol. The summed E-state index contributed by atoms with van der Waals surface area (Å²) >= 11 is 0. The molecule has 0 spiro atoms. The summed E-state index contributed by atoms with van der Waals surface area (Å²) in [7, 11) is 1.79. The summed E-state index contributed by atoms with van der Waals surface area (Å²) in [6, 6.07) is 8.74. The Labute approximate surface area is 100 Å². The molecule has 0 amide bonds. The monoisotopic (exact) mass is 233 g/mol. The van der Waals surface area contributed by atoms with E-state index < -0.39 is 0 Å². The SMILES string of the molecule is CNC(c1ccc(C)o1)c1ccc(C)cc1F. The molecule has 0 fully saturated rings. The number of nitrogens with one attached hydrogen (secondary N) is 1. The normalized spacial score (nSPS) is 12.7. The van der Waals surface area contributed by atoms with Crippen LogP contribution in [0.1, 0.15) is 28.7 Å². The Morgan fingerprint density at radius 2 is 1.94 bits per heavy atom. The van der Waals surface area contributed by atoms with Gasteiger partial charge in [-0.1, -0.05) is 12.1 Å². The molecule has 17 heavy (non-hydrogen) atoms. The van der Waals surface area contributed by atoms with Gasteiger partial charge in [0, 0.05) is 5.56 Å². The Morgan fingerprint density at radius 3 is 2.47 bits per heavy atom. The Balaban J connectivity index is 2.42. The fourth-order valence-corrected chi connectivity index (χ4v) is 1.93. The lowest BCUT2D eigenvalue weighted by molar-refractivity contribution is 0.436. The third-order valence-electron chi connectivity index (χ3n) is 2.80. The van der Waals surface area contributed by atoms with E-state index in [0.717, 1.165) is 17.1 Å². The molecule has 0 saturated heterocycles. The number of aryl methyl sites for hydroxylation is 2. The van der Waals surface area contributed by atoms with Crippen molar-refractivity contribution < 1.29 is 8.81 Å². The summed E-state index contributed by atoms with van der Waals surface area (Å²) in [5.41, 5.74) is 1.52. The van der Waals surface area contributed by atoms with Crippen molar-refractivity contribution in [3.63, 3.8) is 0 Å². The standard InChI is InChI=1S/C14H16FNO/c1-9-4-6-11(12(15)8-9)14(16-3)13-7-5-10(2)17-13/h4-8,14,16H,1-3H3. The van der Waals surface area contributed by atoms with Crippen LogP contribution in [0.15, 0.2) is 34.7 Å². The van der Waals surface area contributed by atoms with E-state index in [0.29, 0.717) is 5.56 Å². The van der Waals surface area contributed by atoms with Gasteiger partial charge in [0.2, 0.25) is 0 Å². The predicted molar refractivity (Wildman–Crippen MR) is 65.5 cm³/mol. The number of hydrogen-bond acceptors (Lipinski definition) is 2. The van der Waals surface area contributed by atoms with E-state index in [9.17, 15) is 4.39 Å². The lowest BCUT2D eigenvalue weighted by Crippen LogP contribution is -2.18. The molecule has 2 rings (SSSR count). The van der Waals surface area contributed by atoms with Crippen LogP contribution < -0.4 is 5.32 Å². The van der Waals surface area contributed by atoms with E-state index in [1.54, 1.807) is 13.1 Å². The third-order valence-corrected chi connectivity index (χ3v) is 2.80. The van der Waals surface area contributed by atoms with E-state index >= 15 is 0 Å². The summed E-state index contributed by atoms with van der Waals surface area (Å²) in [4.78, 5) is 0. The molecule has 0 aliphatic heterocycles. The first-order chi connectivity index (χ1) is 8.11. The van der Waals surface area contributed by atoms with E-state index in [4.69, 9.17) is 4.42 Å². The molecule has 1 aromatic heterocycles. The highest BCUT2D eigenvalue weighted by Gasteiger charge is 2.18. The van der Waals surface area contributed by atoms with Gasteiger partial charge in [0.25, 0.3) is 0 Å². The van der Waals surface area contributed by atoms with Crippen molar-refractivity contribution >= 4 is 0 Å². The van der Waals surface area contributed by atoms with Crippen molar-refractivity contribution in [1.82, 2.24) is 5.32 Å². The molecule has 1 atom stereocenters. The summed E-state index contributed by atoms with van der Waals surface area (Å²) < 4.78 is 19.4. The fourth-order valence-electron chi connectivity index (χ4n) is 1.93. The van der Waals surface area contributed by atoms with Crippen molar-refractivity contribution in [3.8, 4) is 0 Å². The van der Waals surface area contributed by atoms with Crippen molar-refractivity contribution in [2.45, 2.75) is 19.9 Å². The van der Waals surface area contributed by atoms with Gasteiger partial charge in [-0.15, -0.1) is 0 Å². The van der Waals surface area contributed by atoms with Gasteiger partial charge in [0.05, 0.1) is 6.04 Å². The molecule has 0 bridgehead atoms. The highest BCUT2D eigenvalue weighted by molar-refractivity contribution is 5.31. The molecule has 1 heterocycles. The van der Waals surface area contributed by atoms with Crippen LogP contribution >= 0.6 is 0 Å². The van der Waals surface area contributed by atoms with Crippen LogP contribution in [-0.4, -0.2) is 7.05 Å². The number of benzene rings is 1. The zero-order chi connectivity index (χ0) is 12.4. The maximum atomic E-state index is 13.9. The molecular formula is C14H16FNO. The average Bonchev–Trinajstić information content (AvgIpc) is 2.69. The van der Waals surface area contributed by atoms with E-state index in [1.165, 1.54) is 6.07 Å². The van der Waals surface area contributed by atoms with E-state index in [2.05, 4.69) is 5.32 Å². The lowest BCUT2D eigenvalue weighted by atomic mass is 10.0. The van der Waals surface area contributed by atoms with Crippen molar-refractivity contribution in [1.29, 1.82) is 0 Å². The first-order valence-corrected chi connectivity index (χ1v) is 5.61. The molecule has 2 aromatic rings. The van der Waals surface area contributed by atoms with Crippen LogP contribution in [-0.2, 0) is 0 Å². The zero-order valence-electron chi connectivity index (χ0n) is 10.3. The summed E-state index contributed by atoms with van der Waals surface area (Å²) in [5, 5.41) is 3.07. The van der Waals surface area contributed by atoms with Gasteiger partial charge in [0.15, 0.2) is 0 Å². The molecule has 90 valence electrons. The van der Waals surface area contributed by atoms with Crippen LogP contribution in [0.3, 0.4) is 0 Å². The maximum Gasteiger partial charge on any atom is 0.128 e. The fraction of sp³-hybridized carbons (Fsp3) is 0.286. The molecule has 1 aromatic carbocycles. The molecule has 3 heteroatoms. The van der Waals surface area contributed by atoms with Crippen LogP contribution in [0.5, 0.6) is 0 Å². The summed E-state index contributed by atoms with van der Waals surface area (Å²) in [6.07, 6.45) is 0. The lowest BCUT2D eigenvalue weighted by Gasteiger charge is -2.15. The van der Waals surface area contributed by atoms with E-state index in [-0.39, 0.29) is 11.9 Å². The highest BCUT2D eigenvalue weighted by Crippen LogP contribution is 2.26. The zero-order valence-corrected chi connectivity index (χ0v) is 10.3.